The van der Waals surface area contributed by atoms with Crippen LogP contribution in [0.1, 0.15) is 22.3 Å². The summed E-state index contributed by atoms with van der Waals surface area (Å²) in [7, 11) is 0. The van der Waals surface area contributed by atoms with Gasteiger partial charge in [-0.15, -0.1) is 0 Å². The molecule has 0 saturated carbocycles. The van der Waals surface area contributed by atoms with Crippen molar-refractivity contribution in [2.24, 2.45) is 0 Å². The quantitative estimate of drug-likeness (QED) is 0.474. The molecule has 0 atom stereocenters. The number of H-pyrrole nitrogens is 1. The van der Waals surface area contributed by atoms with Gasteiger partial charge in [-0.3, -0.25) is 4.79 Å². The van der Waals surface area contributed by atoms with E-state index in [2.05, 4.69) is 9.97 Å². The second-order valence-electron chi connectivity index (χ2n) is 4.57. The maximum atomic E-state index is 11.9. The largest absolute Gasteiger partial charge is 1.00 e. The Bertz CT molecular complexity index is 637. The van der Waals surface area contributed by atoms with Gasteiger partial charge in [0.2, 0.25) is 0 Å². The predicted molar refractivity (Wildman–Crippen MR) is 87.2 cm³/mol. The van der Waals surface area contributed by atoms with E-state index in [9.17, 15) is 4.79 Å². The Balaban J connectivity index is 0.000000652. The predicted octanol–water partition coefficient (Wildman–Crippen LogP) is 0.739. The first-order valence-corrected chi connectivity index (χ1v) is 6.91. The normalized spacial score (nSPS) is 8.67. The SMILES string of the molecule is N=C(CC(=O)c1ccccc1)c1ccccc1.[Br-].[Co].c1c[nH]cn1. The molecule has 127 valence electrons. The maximum Gasteiger partial charge on any atom is 0.168 e. The van der Waals surface area contributed by atoms with E-state index in [1.807, 2.05) is 48.5 Å². The van der Waals surface area contributed by atoms with E-state index in [1.54, 1.807) is 30.9 Å². The molecule has 2 N–H and O–H groups in total. The first-order chi connectivity index (χ1) is 10.8. The Morgan fingerprint density at radius 2 is 1.50 bits per heavy atom. The number of ketones is 1. The zero-order valence-electron chi connectivity index (χ0n) is 12.8. The van der Waals surface area contributed by atoms with Gasteiger partial charge in [0.05, 0.1) is 12.7 Å². The molecule has 1 radical (unpaired) electrons. The van der Waals surface area contributed by atoms with E-state index in [4.69, 9.17) is 5.41 Å². The summed E-state index contributed by atoms with van der Waals surface area (Å²) < 4.78 is 0. The molecule has 0 aliphatic carbocycles. The van der Waals surface area contributed by atoms with Crippen LogP contribution in [-0.2, 0) is 16.8 Å². The van der Waals surface area contributed by atoms with Gasteiger partial charge in [0.15, 0.2) is 5.78 Å². The van der Waals surface area contributed by atoms with Gasteiger partial charge in [-0.1, -0.05) is 60.7 Å². The number of aromatic nitrogens is 2. The Labute approximate surface area is 162 Å². The minimum absolute atomic E-state index is 0. The van der Waals surface area contributed by atoms with Crippen LogP contribution in [0.25, 0.3) is 0 Å². The Morgan fingerprint density at radius 3 is 1.92 bits per heavy atom. The minimum Gasteiger partial charge on any atom is -1.00 e. The van der Waals surface area contributed by atoms with E-state index < -0.39 is 0 Å². The van der Waals surface area contributed by atoms with Crippen molar-refractivity contribution in [3.05, 3.63) is 90.5 Å². The van der Waals surface area contributed by atoms with Crippen molar-refractivity contribution in [2.45, 2.75) is 6.42 Å². The van der Waals surface area contributed by atoms with Crippen LogP contribution >= 0.6 is 0 Å². The number of hydrogen-bond donors (Lipinski definition) is 2. The first-order valence-electron chi connectivity index (χ1n) is 6.91. The molecule has 3 aromatic rings. The molecule has 3 rings (SSSR count). The number of carbonyl (C=O) groups excluding carboxylic acids is 1. The molecular weight excluding hydrogens is 413 g/mol. The summed E-state index contributed by atoms with van der Waals surface area (Å²) >= 11 is 0. The number of halogens is 1. The summed E-state index contributed by atoms with van der Waals surface area (Å²) in [5.74, 6) is -0.0144. The van der Waals surface area contributed by atoms with E-state index in [1.165, 1.54) is 0 Å². The second-order valence-corrected chi connectivity index (χ2v) is 4.57. The van der Waals surface area contributed by atoms with E-state index >= 15 is 0 Å². The molecule has 4 nitrogen and oxygen atoms in total. The van der Waals surface area contributed by atoms with Gasteiger partial charge in [-0.05, 0) is 5.56 Å². The smallest absolute Gasteiger partial charge is 0.168 e. The van der Waals surface area contributed by atoms with Crippen molar-refractivity contribution in [2.75, 3.05) is 0 Å². The molecule has 1 heterocycles. The molecule has 0 bridgehead atoms. The number of nitrogens with zero attached hydrogens (tertiary/aromatic N) is 1. The molecule has 0 aliphatic heterocycles. The number of carbonyl (C=O) groups is 1. The van der Waals surface area contributed by atoms with Crippen LogP contribution in [0.3, 0.4) is 0 Å². The van der Waals surface area contributed by atoms with Gasteiger partial charge >= 0.3 is 0 Å². The summed E-state index contributed by atoms with van der Waals surface area (Å²) in [6.45, 7) is 0. The maximum absolute atomic E-state index is 11.9. The van der Waals surface area contributed by atoms with Crippen molar-refractivity contribution in [3.63, 3.8) is 0 Å². The number of benzene rings is 2. The molecular formula is C18H17BrCoN3O-. The zero-order valence-corrected chi connectivity index (χ0v) is 15.4. The fourth-order valence-electron chi connectivity index (χ4n) is 1.84. The number of imidazole rings is 1. The first kappa shape index (κ1) is 22.0. The minimum atomic E-state index is -0.0144. The second kappa shape index (κ2) is 12.4. The Morgan fingerprint density at radius 1 is 0.958 bits per heavy atom. The molecule has 0 spiro atoms. The number of nitrogens with one attached hydrogen (secondary N) is 2. The van der Waals surface area contributed by atoms with Crippen molar-refractivity contribution >= 4 is 11.5 Å². The van der Waals surface area contributed by atoms with Crippen molar-refractivity contribution in [1.82, 2.24) is 9.97 Å². The van der Waals surface area contributed by atoms with Crippen LogP contribution in [0.5, 0.6) is 0 Å². The fourth-order valence-corrected chi connectivity index (χ4v) is 1.84. The fraction of sp³-hybridized carbons (Fsp3) is 0.0556. The van der Waals surface area contributed by atoms with Crippen LogP contribution in [0.2, 0.25) is 0 Å². The van der Waals surface area contributed by atoms with Gasteiger partial charge in [0.1, 0.15) is 0 Å². The molecule has 0 fully saturated rings. The third kappa shape index (κ3) is 7.50. The molecule has 1 aromatic heterocycles. The molecule has 0 unspecified atom stereocenters. The average molecular weight is 430 g/mol. The molecule has 6 heteroatoms. The van der Waals surface area contributed by atoms with Gasteiger partial charge in [0.25, 0.3) is 0 Å². The van der Waals surface area contributed by atoms with E-state index in [0.29, 0.717) is 11.3 Å². The van der Waals surface area contributed by atoms with Crippen LogP contribution in [0.4, 0.5) is 0 Å². The summed E-state index contributed by atoms with van der Waals surface area (Å²) in [6.07, 6.45) is 5.23. The average Bonchev–Trinajstić information content (AvgIpc) is 3.16. The van der Waals surface area contributed by atoms with Crippen molar-refractivity contribution in [3.8, 4) is 0 Å². The number of hydrogen-bond acceptors (Lipinski definition) is 3. The monoisotopic (exact) mass is 429 g/mol. The zero-order chi connectivity index (χ0) is 15.6. The third-order valence-corrected chi connectivity index (χ3v) is 2.96. The van der Waals surface area contributed by atoms with Crippen LogP contribution in [-0.4, -0.2) is 21.5 Å². The molecule has 0 aliphatic rings. The van der Waals surface area contributed by atoms with Gasteiger partial charge in [-0.2, -0.15) is 0 Å². The van der Waals surface area contributed by atoms with Crippen molar-refractivity contribution in [1.29, 1.82) is 5.41 Å². The summed E-state index contributed by atoms with van der Waals surface area (Å²) in [6, 6.07) is 18.4. The standard InChI is InChI=1S/C15H13NO.C3H4N2.BrH.Co/c16-14(12-7-3-1-4-8-12)11-15(17)13-9-5-2-6-10-13;1-2-5-3-4-1;;/h1-10,16H,11H2;1-3H,(H,4,5);1H;/p-1. The Kier molecular flexibility index (Phi) is 11.4. The number of Topliss-reactive ketones (excluding diaryl/α,β-unsaturated/α-hetero) is 1. The van der Waals surface area contributed by atoms with Crippen molar-refractivity contribution < 1.29 is 38.6 Å². The number of rotatable bonds is 4. The molecule has 2 aromatic carbocycles. The summed E-state index contributed by atoms with van der Waals surface area (Å²) in [5, 5.41) is 7.89. The summed E-state index contributed by atoms with van der Waals surface area (Å²) in [4.78, 5) is 18.3. The number of aromatic amines is 1. The van der Waals surface area contributed by atoms with Gasteiger partial charge in [-0.25, -0.2) is 4.98 Å². The van der Waals surface area contributed by atoms with Crippen LogP contribution in [0.15, 0.2) is 79.4 Å². The topological polar surface area (TPSA) is 69.6 Å². The summed E-state index contributed by atoms with van der Waals surface area (Å²) in [5.41, 5.74) is 1.82. The van der Waals surface area contributed by atoms with Gasteiger partial charge in [0, 0.05) is 40.4 Å². The van der Waals surface area contributed by atoms with Crippen LogP contribution in [0, 0.1) is 5.41 Å². The third-order valence-electron chi connectivity index (χ3n) is 2.96. The molecule has 0 amide bonds. The molecule has 0 saturated heterocycles. The molecule has 24 heavy (non-hydrogen) atoms. The van der Waals surface area contributed by atoms with Gasteiger partial charge < -0.3 is 27.4 Å². The Hall–Kier alpha value is -2.02. The van der Waals surface area contributed by atoms with Crippen LogP contribution < -0.4 is 17.0 Å². The van der Waals surface area contributed by atoms with E-state index in [-0.39, 0.29) is 46.0 Å². The van der Waals surface area contributed by atoms with E-state index in [0.717, 1.165) is 5.56 Å².